The lowest BCUT2D eigenvalue weighted by Crippen LogP contribution is -2.21. The molecule has 0 fully saturated rings. The Morgan fingerprint density at radius 3 is 2.50 bits per heavy atom. The molecule has 1 atom stereocenters. The Balaban J connectivity index is 2.98. The second kappa shape index (κ2) is 7.87. The number of anilines is 1. The van der Waals surface area contributed by atoms with Crippen LogP contribution in [0.4, 0.5) is 11.5 Å². The van der Waals surface area contributed by atoms with Crippen LogP contribution in [0.15, 0.2) is 0 Å². The Morgan fingerprint density at radius 2 is 2.00 bits per heavy atom. The van der Waals surface area contributed by atoms with Gasteiger partial charge in [0, 0.05) is 13.1 Å². The van der Waals surface area contributed by atoms with E-state index in [9.17, 15) is 10.1 Å². The zero-order valence-corrected chi connectivity index (χ0v) is 13.0. The van der Waals surface area contributed by atoms with E-state index in [2.05, 4.69) is 24.3 Å². The maximum Gasteiger partial charge on any atom is 0.333 e. The Hall–Kier alpha value is -1.59. The van der Waals surface area contributed by atoms with E-state index in [1.54, 1.807) is 11.7 Å². The molecule has 1 heterocycles. The van der Waals surface area contributed by atoms with E-state index in [0.29, 0.717) is 17.9 Å². The van der Waals surface area contributed by atoms with Crippen molar-refractivity contribution in [2.24, 2.45) is 7.05 Å². The zero-order chi connectivity index (χ0) is 15.1. The van der Waals surface area contributed by atoms with Gasteiger partial charge in [0.15, 0.2) is 0 Å². The highest BCUT2D eigenvalue weighted by molar-refractivity contribution is 5.60. The maximum absolute atomic E-state index is 11.3. The van der Waals surface area contributed by atoms with Crippen LogP contribution in [0.25, 0.3) is 0 Å². The molecule has 1 aromatic rings. The Bertz CT molecular complexity index is 443. The Labute approximate surface area is 120 Å². The minimum Gasteiger partial charge on any atom is -0.362 e. The summed E-state index contributed by atoms with van der Waals surface area (Å²) in [5.41, 5.74) is 0.679. The molecule has 1 N–H and O–H groups in total. The van der Waals surface area contributed by atoms with Gasteiger partial charge >= 0.3 is 5.69 Å². The van der Waals surface area contributed by atoms with Gasteiger partial charge in [-0.15, -0.1) is 0 Å². The molecule has 6 nitrogen and oxygen atoms in total. The van der Waals surface area contributed by atoms with Gasteiger partial charge in [-0.25, -0.2) is 4.68 Å². The molecule has 20 heavy (non-hydrogen) atoms. The molecule has 0 saturated heterocycles. The van der Waals surface area contributed by atoms with E-state index in [-0.39, 0.29) is 16.7 Å². The van der Waals surface area contributed by atoms with Crippen molar-refractivity contribution in [1.82, 2.24) is 9.78 Å². The number of hydrogen-bond acceptors (Lipinski definition) is 4. The number of nitro groups is 1. The summed E-state index contributed by atoms with van der Waals surface area (Å²) in [6.07, 6.45) is 5.95. The van der Waals surface area contributed by atoms with Gasteiger partial charge < -0.3 is 5.32 Å². The second-order valence-corrected chi connectivity index (χ2v) is 5.15. The molecule has 0 aliphatic rings. The number of aryl methyl sites for hydroxylation is 2. The van der Waals surface area contributed by atoms with Gasteiger partial charge in [0.2, 0.25) is 5.82 Å². The van der Waals surface area contributed by atoms with Gasteiger partial charge in [0.05, 0.1) is 4.92 Å². The fraction of sp³-hybridized carbons (Fsp3) is 0.786. The number of rotatable bonds is 9. The smallest absolute Gasteiger partial charge is 0.333 e. The first-order valence-electron chi connectivity index (χ1n) is 7.51. The van der Waals surface area contributed by atoms with Crippen LogP contribution in [0.5, 0.6) is 0 Å². The van der Waals surface area contributed by atoms with Crippen LogP contribution in [-0.4, -0.2) is 20.7 Å². The third-order valence-electron chi connectivity index (χ3n) is 3.49. The average molecular weight is 282 g/mol. The quantitative estimate of drug-likeness (QED) is 0.554. The van der Waals surface area contributed by atoms with E-state index in [4.69, 9.17) is 0 Å². The number of unbranched alkanes of at least 4 members (excludes halogenated alkanes) is 1. The first kappa shape index (κ1) is 16.5. The normalized spacial score (nSPS) is 12.4. The molecule has 0 radical (unpaired) electrons. The summed E-state index contributed by atoms with van der Waals surface area (Å²) in [5, 5.41) is 18.9. The van der Waals surface area contributed by atoms with E-state index >= 15 is 0 Å². The topological polar surface area (TPSA) is 73.0 Å². The Kier molecular flexibility index (Phi) is 6.48. The number of aromatic nitrogens is 2. The molecule has 1 rings (SSSR count). The second-order valence-electron chi connectivity index (χ2n) is 5.15. The number of nitrogens with one attached hydrogen (secondary N) is 1. The van der Waals surface area contributed by atoms with Gasteiger partial charge in [-0.1, -0.05) is 40.0 Å². The van der Waals surface area contributed by atoms with E-state index in [1.165, 1.54) is 0 Å². The molecule has 0 aliphatic heterocycles. The third kappa shape index (κ3) is 3.95. The van der Waals surface area contributed by atoms with Gasteiger partial charge in [-0.2, -0.15) is 5.10 Å². The van der Waals surface area contributed by atoms with Crippen molar-refractivity contribution in [2.75, 3.05) is 5.32 Å². The van der Waals surface area contributed by atoms with Gasteiger partial charge in [0.1, 0.15) is 5.69 Å². The predicted octanol–water partition coefficient (Wildman–Crippen LogP) is 3.66. The largest absolute Gasteiger partial charge is 0.362 e. The van der Waals surface area contributed by atoms with Crippen LogP contribution in [0.1, 0.15) is 58.6 Å². The molecule has 0 aromatic carbocycles. The summed E-state index contributed by atoms with van der Waals surface area (Å²) in [4.78, 5) is 11.0. The van der Waals surface area contributed by atoms with Crippen LogP contribution in [-0.2, 0) is 13.5 Å². The fourth-order valence-electron chi connectivity index (χ4n) is 2.44. The Morgan fingerprint density at radius 1 is 1.30 bits per heavy atom. The summed E-state index contributed by atoms with van der Waals surface area (Å²) in [6.45, 7) is 6.18. The van der Waals surface area contributed by atoms with Crippen molar-refractivity contribution >= 4 is 11.5 Å². The van der Waals surface area contributed by atoms with Crippen molar-refractivity contribution < 1.29 is 4.92 Å². The molecular formula is C14H26N4O2. The highest BCUT2D eigenvalue weighted by Crippen LogP contribution is 2.30. The van der Waals surface area contributed by atoms with Crippen LogP contribution in [0.2, 0.25) is 0 Å². The molecule has 0 amide bonds. The van der Waals surface area contributed by atoms with Crippen molar-refractivity contribution in [2.45, 2.75) is 65.3 Å². The lowest BCUT2D eigenvalue weighted by atomic mass is 10.1. The first-order valence-corrected chi connectivity index (χ1v) is 7.51. The number of hydrogen-bond donors (Lipinski definition) is 1. The van der Waals surface area contributed by atoms with Crippen molar-refractivity contribution in [3.63, 3.8) is 0 Å². The molecule has 0 bridgehead atoms. The summed E-state index contributed by atoms with van der Waals surface area (Å²) in [7, 11) is 1.76. The minimum atomic E-state index is -0.322. The molecule has 1 unspecified atom stereocenters. The molecule has 0 spiro atoms. The fourth-order valence-corrected chi connectivity index (χ4v) is 2.44. The summed E-state index contributed by atoms with van der Waals surface area (Å²) in [6, 6.07) is 0.277. The van der Waals surface area contributed by atoms with Gasteiger partial charge in [0.25, 0.3) is 0 Å². The minimum absolute atomic E-state index is 0.132. The molecule has 114 valence electrons. The molecule has 0 aliphatic carbocycles. The lowest BCUT2D eigenvalue weighted by Gasteiger charge is -2.18. The summed E-state index contributed by atoms with van der Waals surface area (Å²) < 4.78 is 1.60. The maximum atomic E-state index is 11.3. The lowest BCUT2D eigenvalue weighted by molar-refractivity contribution is -0.384. The molecule has 6 heteroatoms. The average Bonchev–Trinajstić information content (AvgIpc) is 2.73. The van der Waals surface area contributed by atoms with Crippen molar-refractivity contribution in [1.29, 1.82) is 0 Å². The molecular weight excluding hydrogens is 256 g/mol. The van der Waals surface area contributed by atoms with E-state index in [1.807, 2.05) is 6.92 Å². The van der Waals surface area contributed by atoms with Gasteiger partial charge in [-0.3, -0.25) is 10.1 Å². The third-order valence-corrected chi connectivity index (χ3v) is 3.49. The highest BCUT2D eigenvalue weighted by atomic mass is 16.6. The zero-order valence-electron chi connectivity index (χ0n) is 13.0. The summed E-state index contributed by atoms with van der Waals surface area (Å²) >= 11 is 0. The predicted molar refractivity (Wildman–Crippen MR) is 81.1 cm³/mol. The molecule has 0 saturated carbocycles. The SMILES string of the molecule is CCCCC(CCC)Nc1c([N+](=O)[O-])c(CC)nn1C. The number of nitrogens with zero attached hydrogens (tertiary/aromatic N) is 3. The van der Waals surface area contributed by atoms with E-state index in [0.717, 1.165) is 32.1 Å². The summed E-state index contributed by atoms with van der Waals surface area (Å²) in [5.74, 6) is 0.543. The molecule has 1 aromatic heterocycles. The standard InChI is InChI=1S/C14H26N4O2/c1-5-8-10-11(9-6-2)15-14-13(18(19)20)12(7-3)16-17(14)4/h11,15H,5-10H2,1-4H3. The van der Waals surface area contributed by atoms with Crippen molar-refractivity contribution in [3.8, 4) is 0 Å². The monoisotopic (exact) mass is 282 g/mol. The van der Waals surface area contributed by atoms with Crippen LogP contribution >= 0.6 is 0 Å². The van der Waals surface area contributed by atoms with Crippen LogP contribution < -0.4 is 5.32 Å². The van der Waals surface area contributed by atoms with Gasteiger partial charge in [-0.05, 0) is 19.3 Å². The van der Waals surface area contributed by atoms with Crippen molar-refractivity contribution in [3.05, 3.63) is 15.8 Å². The highest BCUT2D eigenvalue weighted by Gasteiger charge is 2.26. The van der Waals surface area contributed by atoms with E-state index < -0.39 is 0 Å². The van der Waals surface area contributed by atoms with Crippen LogP contribution in [0, 0.1) is 10.1 Å². The van der Waals surface area contributed by atoms with Crippen LogP contribution in [0.3, 0.4) is 0 Å². The first-order chi connectivity index (χ1) is 9.54.